The van der Waals surface area contributed by atoms with Gasteiger partial charge < -0.3 is 14.6 Å². The lowest BCUT2D eigenvalue weighted by atomic mass is 10.1. The third-order valence-electron chi connectivity index (χ3n) is 3.14. The Labute approximate surface area is 115 Å². The van der Waals surface area contributed by atoms with Crippen LogP contribution in [0.1, 0.15) is 54.4 Å². The van der Waals surface area contributed by atoms with Crippen LogP contribution in [-0.2, 0) is 9.47 Å². The van der Waals surface area contributed by atoms with E-state index in [0.717, 1.165) is 6.42 Å². The van der Waals surface area contributed by atoms with Crippen molar-refractivity contribution < 1.29 is 19.4 Å². The van der Waals surface area contributed by atoms with Crippen LogP contribution in [0.15, 0.2) is 0 Å². The minimum Gasteiger partial charge on any atom is -0.444 e. The normalized spacial score (nSPS) is 24.4. The Morgan fingerprint density at radius 3 is 2.58 bits per heavy atom. The molecule has 1 fully saturated rings. The average Bonchev–Trinajstić information content (AvgIpc) is 2.51. The number of carbonyl (C=O) groups is 1. The van der Waals surface area contributed by atoms with Gasteiger partial charge in [0.05, 0.1) is 18.8 Å². The number of aliphatic hydroxyl groups excluding tert-OH is 1. The number of ether oxygens (including phenoxy) is 2. The van der Waals surface area contributed by atoms with Gasteiger partial charge in [0, 0.05) is 0 Å². The first kappa shape index (κ1) is 16.2. The first-order chi connectivity index (χ1) is 8.58. The van der Waals surface area contributed by atoms with Crippen molar-refractivity contribution in [3.63, 3.8) is 0 Å². The maximum atomic E-state index is 12.3. The van der Waals surface area contributed by atoms with Crippen LogP contribution in [0.5, 0.6) is 0 Å². The van der Waals surface area contributed by atoms with Crippen LogP contribution >= 0.6 is 0 Å². The second kappa shape index (κ2) is 5.67. The molecule has 0 aromatic heterocycles. The first-order valence-electron chi connectivity index (χ1n) is 6.93. The molecular formula is C14H27NO4. The van der Waals surface area contributed by atoms with Gasteiger partial charge in [0.15, 0.2) is 0 Å². The second-order valence-corrected chi connectivity index (χ2v) is 6.53. The summed E-state index contributed by atoms with van der Waals surface area (Å²) in [6, 6.07) is -0.343. The maximum absolute atomic E-state index is 12.3. The molecule has 0 aromatic rings. The fraction of sp³-hybridized carbons (Fsp3) is 0.929. The standard InChI is InChI=1S/C14H27NO4/c1-7-8-11(16)10-9-18-14(5,6)15(10)12(17)19-13(2,3)4/h10-11,16H,7-9H2,1-6H3/t10-,11?/m0/s1. The number of hydrogen-bond acceptors (Lipinski definition) is 4. The zero-order valence-electron chi connectivity index (χ0n) is 12.9. The van der Waals surface area contributed by atoms with Crippen LogP contribution in [0.3, 0.4) is 0 Å². The number of carbonyl (C=O) groups excluding carboxylic acids is 1. The Morgan fingerprint density at radius 1 is 1.53 bits per heavy atom. The van der Waals surface area contributed by atoms with Crippen molar-refractivity contribution in [1.29, 1.82) is 0 Å². The molecule has 0 spiro atoms. The summed E-state index contributed by atoms with van der Waals surface area (Å²) in [6.07, 6.45) is 0.485. The van der Waals surface area contributed by atoms with Gasteiger partial charge in [-0.25, -0.2) is 4.79 Å². The molecule has 19 heavy (non-hydrogen) atoms. The van der Waals surface area contributed by atoms with Gasteiger partial charge >= 0.3 is 6.09 Å². The summed E-state index contributed by atoms with van der Waals surface area (Å²) in [5.74, 6) is 0. The number of hydrogen-bond donors (Lipinski definition) is 1. The van der Waals surface area contributed by atoms with E-state index in [4.69, 9.17) is 9.47 Å². The van der Waals surface area contributed by atoms with Crippen molar-refractivity contribution in [1.82, 2.24) is 4.90 Å². The van der Waals surface area contributed by atoms with Crippen LogP contribution in [0, 0.1) is 0 Å². The van der Waals surface area contributed by atoms with Crippen LogP contribution in [-0.4, -0.2) is 46.2 Å². The third-order valence-corrected chi connectivity index (χ3v) is 3.14. The van der Waals surface area contributed by atoms with Gasteiger partial charge in [-0.05, 0) is 41.0 Å². The van der Waals surface area contributed by atoms with E-state index in [2.05, 4.69) is 0 Å². The lowest BCUT2D eigenvalue weighted by Crippen LogP contribution is -2.53. The fourth-order valence-electron chi connectivity index (χ4n) is 2.27. The Hall–Kier alpha value is -0.810. The van der Waals surface area contributed by atoms with Crippen molar-refractivity contribution in [3.05, 3.63) is 0 Å². The molecule has 1 heterocycles. The molecule has 5 nitrogen and oxygen atoms in total. The highest BCUT2D eigenvalue weighted by atomic mass is 16.6. The van der Waals surface area contributed by atoms with Gasteiger partial charge in [0.1, 0.15) is 11.3 Å². The molecule has 112 valence electrons. The molecule has 5 heteroatoms. The highest BCUT2D eigenvalue weighted by molar-refractivity contribution is 5.69. The first-order valence-corrected chi connectivity index (χ1v) is 6.93. The number of aliphatic hydroxyl groups is 1. The number of amides is 1. The highest BCUT2D eigenvalue weighted by Gasteiger charge is 2.48. The molecular weight excluding hydrogens is 246 g/mol. The average molecular weight is 273 g/mol. The summed E-state index contributed by atoms with van der Waals surface area (Å²) >= 11 is 0. The van der Waals surface area contributed by atoms with Crippen LogP contribution in [0.4, 0.5) is 4.79 Å². The van der Waals surface area contributed by atoms with E-state index in [1.54, 1.807) is 0 Å². The lowest BCUT2D eigenvalue weighted by molar-refractivity contribution is -0.0680. The highest BCUT2D eigenvalue weighted by Crippen LogP contribution is 2.31. The zero-order chi connectivity index (χ0) is 14.8. The molecule has 1 unspecified atom stereocenters. The third kappa shape index (κ3) is 4.08. The van der Waals surface area contributed by atoms with Crippen molar-refractivity contribution in [2.24, 2.45) is 0 Å². The summed E-state index contributed by atoms with van der Waals surface area (Å²) in [7, 11) is 0. The van der Waals surface area contributed by atoms with Crippen molar-refractivity contribution in [2.45, 2.75) is 77.9 Å². The number of nitrogens with zero attached hydrogens (tertiary/aromatic N) is 1. The van der Waals surface area contributed by atoms with Crippen molar-refractivity contribution in [2.75, 3.05) is 6.61 Å². The predicted molar refractivity (Wildman–Crippen MR) is 72.8 cm³/mol. The van der Waals surface area contributed by atoms with Gasteiger partial charge in [0.2, 0.25) is 0 Å². The molecule has 0 bridgehead atoms. The van der Waals surface area contributed by atoms with Gasteiger partial charge in [-0.15, -0.1) is 0 Å². The monoisotopic (exact) mass is 273 g/mol. The molecule has 0 aliphatic carbocycles. The fourth-order valence-corrected chi connectivity index (χ4v) is 2.27. The molecule has 1 aliphatic heterocycles. The van der Waals surface area contributed by atoms with E-state index in [-0.39, 0.29) is 6.04 Å². The summed E-state index contributed by atoms with van der Waals surface area (Å²) in [5, 5.41) is 10.2. The molecule has 0 radical (unpaired) electrons. The van der Waals surface area contributed by atoms with E-state index in [9.17, 15) is 9.90 Å². The molecule has 0 saturated carbocycles. The lowest BCUT2D eigenvalue weighted by Gasteiger charge is -2.36. The molecule has 1 amide bonds. The summed E-state index contributed by atoms with van der Waals surface area (Å²) in [5.41, 5.74) is -1.31. The van der Waals surface area contributed by atoms with Gasteiger partial charge in [-0.2, -0.15) is 0 Å². The van der Waals surface area contributed by atoms with Gasteiger partial charge in [-0.3, -0.25) is 4.90 Å². The molecule has 0 aromatic carbocycles. The quantitative estimate of drug-likeness (QED) is 0.858. The minimum absolute atomic E-state index is 0.341. The second-order valence-electron chi connectivity index (χ2n) is 6.53. The van der Waals surface area contributed by atoms with E-state index >= 15 is 0 Å². The molecule has 2 atom stereocenters. The Balaban J connectivity index is 2.87. The van der Waals surface area contributed by atoms with Crippen LogP contribution in [0.2, 0.25) is 0 Å². The predicted octanol–water partition coefficient (Wildman–Crippen LogP) is 2.52. The van der Waals surface area contributed by atoms with Crippen molar-refractivity contribution >= 4 is 6.09 Å². The van der Waals surface area contributed by atoms with Gasteiger partial charge in [0.25, 0.3) is 0 Å². The number of rotatable bonds is 3. The zero-order valence-corrected chi connectivity index (χ0v) is 12.9. The summed E-state index contributed by atoms with van der Waals surface area (Å²) < 4.78 is 11.0. The van der Waals surface area contributed by atoms with Crippen LogP contribution in [0.25, 0.3) is 0 Å². The Kier molecular flexibility index (Phi) is 4.85. The van der Waals surface area contributed by atoms with E-state index in [0.29, 0.717) is 13.0 Å². The summed E-state index contributed by atoms with van der Waals surface area (Å²) in [6.45, 7) is 11.4. The maximum Gasteiger partial charge on any atom is 0.412 e. The molecule has 1 aliphatic rings. The van der Waals surface area contributed by atoms with E-state index in [1.807, 2.05) is 41.5 Å². The molecule has 1 saturated heterocycles. The molecule has 1 rings (SSSR count). The SMILES string of the molecule is CCCC(O)[C@@H]1COC(C)(C)N1C(=O)OC(C)(C)C. The van der Waals surface area contributed by atoms with E-state index < -0.39 is 23.5 Å². The smallest absolute Gasteiger partial charge is 0.412 e. The largest absolute Gasteiger partial charge is 0.444 e. The molecule has 1 N–H and O–H groups in total. The minimum atomic E-state index is -0.748. The van der Waals surface area contributed by atoms with Gasteiger partial charge in [-0.1, -0.05) is 13.3 Å². The Morgan fingerprint density at radius 2 is 2.11 bits per heavy atom. The van der Waals surface area contributed by atoms with E-state index in [1.165, 1.54) is 4.90 Å². The summed E-state index contributed by atoms with van der Waals surface area (Å²) in [4.78, 5) is 13.8. The van der Waals surface area contributed by atoms with Crippen molar-refractivity contribution in [3.8, 4) is 0 Å². The van der Waals surface area contributed by atoms with Crippen LogP contribution < -0.4 is 0 Å². The topological polar surface area (TPSA) is 59.0 Å². The Bertz CT molecular complexity index is 322.